The fourth-order valence-corrected chi connectivity index (χ4v) is 4.74. The zero-order valence-electron chi connectivity index (χ0n) is 18.9. The minimum atomic E-state index is -0.615. The van der Waals surface area contributed by atoms with Gasteiger partial charge in [0.25, 0.3) is 0 Å². The standard InChI is InChI=1S/C26H32O5/c1-16-21(11-10-20-12-19(27)13-23(28)30-20)25-22(14-26(3,4)31-25)17(2)24(16)29-15-18-8-6-5-7-9-18/h5-9,19-20,27H,10-15H2,1-4H3/t19-,20-/m0/s1. The van der Waals surface area contributed by atoms with Crippen LogP contribution in [0.3, 0.4) is 0 Å². The Morgan fingerprint density at radius 1 is 1.16 bits per heavy atom. The molecule has 4 rings (SSSR count). The number of carbonyl (C=O) groups is 1. The quantitative estimate of drug-likeness (QED) is 0.687. The number of rotatable bonds is 6. The highest BCUT2D eigenvalue weighted by atomic mass is 16.5. The number of cyclic esters (lactones) is 1. The first-order chi connectivity index (χ1) is 14.7. The van der Waals surface area contributed by atoms with E-state index < -0.39 is 6.10 Å². The van der Waals surface area contributed by atoms with Crippen molar-refractivity contribution in [2.24, 2.45) is 0 Å². The van der Waals surface area contributed by atoms with E-state index in [9.17, 15) is 9.90 Å². The monoisotopic (exact) mass is 424 g/mol. The Kier molecular flexibility index (Phi) is 5.98. The van der Waals surface area contributed by atoms with E-state index in [1.165, 1.54) is 5.56 Å². The van der Waals surface area contributed by atoms with Crippen molar-refractivity contribution < 1.29 is 24.1 Å². The van der Waals surface area contributed by atoms with Crippen LogP contribution in [0.4, 0.5) is 0 Å². The lowest BCUT2D eigenvalue weighted by Crippen LogP contribution is -2.32. The van der Waals surface area contributed by atoms with Crippen LogP contribution < -0.4 is 9.47 Å². The van der Waals surface area contributed by atoms with Gasteiger partial charge in [-0.05, 0) is 57.2 Å². The highest BCUT2D eigenvalue weighted by Gasteiger charge is 2.36. The molecule has 2 aliphatic heterocycles. The Balaban J connectivity index is 1.62. The lowest BCUT2D eigenvalue weighted by Gasteiger charge is -2.27. The lowest BCUT2D eigenvalue weighted by molar-refractivity contribution is -0.160. The first kappa shape index (κ1) is 21.7. The Labute approximate surface area is 184 Å². The van der Waals surface area contributed by atoms with E-state index in [0.717, 1.165) is 40.2 Å². The van der Waals surface area contributed by atoms with Crippen LogP contribution in [0.2, 0.25) is 0 Å². The number of fused-ring (bicyclic) bond motifs is 1. The molecule has 1 saturated heterocycles. The van der Waals surface area contributed by atoms with Gasteiger partial charge in [0.05, 0.1) is 12.5 Å². The number of carbonyl (C=O) groups excluding carboxylic acids is 1. The van der Waals surface area contributed by atoms with Crippen LogP contribution >= 0.6 is 0 Å². The number of hydrogen-bond acceptors (Lipinski definition) is 5. The average Bonchev–Trinajstić information content (AvgIpc) is 3.03. The summed E-state index contributed by atoms with van der Waals surface area (Å²) in [5.74, 6) is 1.55. The second-order valence-electron chi connectivity index (χ2n) is 9.42. The van der Waals surface area contributed by atoms with E-state index in [0.29, 0.717) is 25.9 Å². The average molecular weight is 425 g/mol. The topological polar surface area (TPSA) is 65.0 Å². The molecule has 0 spiro atoms. The maximum atomic E-state index is 11.7. The maximum absolute atomic E-state index is 11.7. The number of ether oxygens (including phenoxy) is 3. The molecular formula is C26H32O5. The van der Waals surface area contributed by atoms with Gasteiger partial charge in [0.15, 0.2) is 0 Å². The molecule has 0 aromatic heterocycles. The minimum absolute atomic E-state index is 0.0875. The van der Waals surface area contributed by atoms with Crippen molar-refractivity contribution in [2.45, 2.75) is 84.2 Å². The second kappa shape index (κ2) is 8.54. The van der Waals surface area contributed by atoms with E-state index in [4.69, 9.17) is 14.2 Å². The Morgan fingerprint density at radius 2 is 1.90 bits per heavy atom. The van der Waals surface area contributed by atoms with Gasteiger partial charge in [-0.3, -0.25) is 4.79 Å². The summed E-state index contributed by atoms with van der Waals surface area (Å²) in [7, 11) is 0. The molecule has 1 fully saturated rings. The number of benzene rings is 2. The van der Waals surface area contributed by atoms with Crippen LogP contribution in [0.1, 0.15) is 60.9 Å². The SMILES string of the molecule is Cc1c(CC[C@H]2C[C@H](O)CC(=O)O2)c2c(c(C)c1OCc1ccccc1)CC(C)(C)O2. The highest BCUT2D eigenvalue weighted by molar-refractivity contribution is 5.71. The van der Waals surface area contributed by atoms with Crippen LogP contribution in [0.25, 0.3) is 0 Å². The van der Waals surface area contributed by atoms with Gasteiger partial charge in [0, 0.05) is 24.0 Å². The van der Waals surface area contributed by atoms with Gasteiger partial charge in [0.1, 0.15) is 29.8 Å². The summed E-state index contributed by atoms with van der Waals surface area (Å²) in [6, 6.07) is 10.2. The predicted octanol–water partition coefficient (Wildman–Crippen LogP) is 4.60. The van der Waals surface area contributed by atoms with Crippen LogP contribution in [-0.2, 0) is 29.0 Å². The fraction of sp³-hybridized carbons (Fsp3) is 0.500. The zero-order valence-corrected chi connectivity index (χ0v) is 18.9. The third-order valence-corrected chi connectivity index (χ3v) is 6.29. The Bertz CT molecular complexity index is 964. The summed E-state index contributed by atoms with van der Waals surface area (Å²) in [6.45, 7) is 8.92. The van der Waals surface area contributed by atoms with Crippen molar-refractivity contribution in [1.82, 2.24) is 0 Å². The van der Waals surface area contributed by atoms with Gasteiger partial charge in [0.2, 0.25) is 0 Å². The van der Waals surface area contributed by atoms with Gasteiger partial charge in [-0.25, -0.2) is 0 Å². The molecule has 0 bridgehead atoms. The van der Waals surface area contributed by atoms with Crippen molar-refractivity contribution in [3.05, 3.63) is 58.1 Å². The maximum Gasteiger partial charge on any atom is 0.308 e. The summed E-state index contributed by atoms with van der Waals surface area (Å²) < 4.78 is 18.2. The first-order valence-electron chi connectivity index (χ1n) is 11.1. The van der Waals surface area contributed by atoms with Crippen molar-refractivity contribution in [3.63, 3.8) is 0 Å². The molecular weight excluding hydrogens is 392 g/mol. The van der Waals surface area contributed by atoms with E-state index in [1.807, 2.05) is 18.2 Å². The zero-order chi connectivity index (χ0) is 22.2. The molecule has 0 saturated carbocycles. The second-order valence-corrected chi connectivity index (χ2v) is 9.42. The van der Waals surface area contributed by atoms with E-state index in [1.54, 1.807) is 0 Å². The number of aliphatic hydroxyl groups is 1. The molecule has 0 radical (unpaired) electrons. The molecule has 166 valence electrons. The normalized spacial score (nSPS) is 21.9. The first-order valence-corrected chi connectivity index (χ1v) is 11.1. The molecule has 2 atom stereocenters. The van der Waals surface area contributed by atoms with E-state index in [2.05, 4.69) is 39.8 Å². The molecule has 5 heteroatoms. The van der Waals surface area contributed by atoms with Gasteiger partial charge in [-0.2, -0.15) is 0 Å². The fourth-order valence-electron chi connectivity index (χ4n) is 4.74. The third-order valence-electron chi connectivity index (χ3n) is 6.29. The number of hydrogen-bond donors (Lipinski definition) is 1. The molecule has 5 nitrogen and oxygen atoms in total. The molecule has 31 heavy (non-hydrogen) atoms. The Hall–Kier alpha value is -2.53. The number of aliphatic hydroxyl groups excluding tert-OH is 1. The molecule has 1 N–H and O–H groups in total. The molecule has 2 aromatic rings. The highest BCUT2D eigenvalue weighted by Crippen LogP contribution is 2.46. The van der Waals surface area contributed by atoms with Crippen molar-refractivity contribution in [3.8, 4) is 11.5 Å². The van der Waals surface area contributed by atoms with Crippen LogP contribution in [0.15, 0.2) is 30.3 Å². The lowest BCUT2D eigenvalue weighted by atomic mass is 9.90. The van der Waals surface area contributed by atoms with Gasteiger partial charge >= 0.3 is 5.97 Å². The Morgan fingerprint density at radius 3 is 2.61 bits per heavy atom. The van der Waals surface area contributed by atoms with Crippen molar-refractivity contribution in [1.29, 1.82) is 0 Å². The van der Waals surface area contributed by atoms with Crippen molar-refractivity contribution >= 4 is 5.97 Å². The van der Waals surface area contributed by atoms with Crippen LogP contribution in [0.5, 0.6) is 11.5 Å². The smallest absolute Gasteiger partial charge is 0.308 e. The summed E-state index contributed by atoms with van der Waals surface area (Å²) in [5, 5.41) is 9.94. The number of esters is 1. The van der Waals surface area contributed by atoms with Gasteiger partial charge < -0.3 is 19.3 Å². The van der Waals surface area contributed by atoms with Gasteiger partial charge in [-0.1, -0.05) is 30.3 Å². The summed E-state index contributed by atoms with van der Waals surface area (Å²) in [5.41, 5.74) is 5.40. The molecule has 0 unspecified atom stereocenters. The summed E-state index contributed by atoms with van der Waals surface area (Å²) >= 11 is 0. The predicted molar refractivity (Wildman–Crippen MR) is 119 cm³/mol. The largest absolute Gasteiger partial charge is 0.488 e. The van der Waals surface area contributed by atoms with Gasteiger partial charge in [-0.15, -0.1) is 0 Å². The van der Waals surface area contributed by atoms with E-state index >= 15 is 0 Å². The summed E-state index contributed by atoms with van der Waals surface area (Å²) in [4.78, 5) is 11.7. The molecule has 2 aliphatic rings. The third kappa shape index (κ3) is 4.72. The molecule has 0 aliphatic carbocycles. The van der Waals surface area contributed by atoms with Crippen LogP contribution in [0, 0.1) is 13.8 Å². The van der Waals surface area contributed by atoms with Crippen molar-refractivity contribution in [2.75, 3.05) is 0 Å². The van der Waals surface area contributed by atoms with Crippen LogP contribution in [-0.4, -0.2) is 28.9 Å². The molecule has 2 heterocycles. The molecule has 2 aromatic carbocycles. The minimum Gasteiger partial charge on any atom is -0.488 e. The summed E-state index contributed by atoms with van der Waals surface area (Å²) in [6.07, 6.45) is 1.89. The molecule has 0 amide bonds. The van der Waals surface area contributed by atoms with E-state index in [-0.39, 0.29) is 24.1 Å².